The Morgan fingerprint density at radius 1 is 0.857 bits per heavy atom. The van der Waals surface area contributed by atoms with Crippen LogP contribution in [0.2, 0.25) is 0 Å². The SMILES string of the molecule is Cc1ccc(C(=O)N[C@H](C(=O)N2CCCCC2)C2CCN(C(=O)CCc3ccccc3)CC2)cc1. The smallest absolute Gasteiger partial charge is 0.251 e. The molecule has 6 nitrogen and oxygen atoms in total. The van der Waals surface area contributed by atoms with Crippen LogP contribution in [0.5, 0.6) is 0 Å². The highest BCUT2D eigenvalue weighted by Crippen LogP contribution is 2.24. The molecule has 1 N–H and O–H groups in total. The topological polar surface area (TPSA) is 69.7 Å². The van der Waals surface area contributed by atoms with Crippen molar-refractivity contribution in [1.82, 2.24) is 15.1 Å². The first-order valence-corrected chi connectivity index (χ1v) is 13.0. The molecule has 0 aromatic heterocycles. The van der Waals surface area contributed by atoms with Crippen LogP contribution in [0.15, 0.2) is 54.6 Å². The van der Waals surface area contributed by atoms with E-state index in [1.54, 1.807) is 12.1 Å². The van der Waals surface area contributed by atoms with Crippen LogP contribution in [0, 0.1) is 12.8 Å². The fraction of sp³-hybridized carbons (Fsp3) is 0.483. The first-order valence-electron chi connectivity index (χ1n) is 13.0. The van der Waals surface area contributed by atoms with Gasteiger partial charge in [0.15, 0.2) is 0 Å². The number of hydrogen-bond donors (Lipinski definition) is 1. The van der Waals surface area contributed by atoms with E-state index in [-0.39, 0.29) is 23.6 Å². The molecule has 186 valence electrons. The summed E-state index contributed by atoms with van der Waals surface area (Å²) in [7, 11) is 0. The summed E-state index contributed by atoms with van der Waals surface area (Å²) in [5, 5.41) is 3.08. The number of benzene rings is 2. The molecule has 0 aliphatic carbocycles. The van der Waals surface area contributed by atoms with Crippen LogP contribution < -0.4 is 5.32 Å². The van der Waals surface area contributed by atoms with E-state index in [1.165, 1.54) is 5.56 Å². The van der Waals surface area contributed by atoms with Crippen LogP contribution >= 0.6 is 0 Å². The first kappa shape index (κ1) is 25.0. The molecule has 0 unspecified atom stereocenters. The van der Waals surface area contributed by atoms with E-state index in [0.29, 0.717) is 25.1 Å². The summed E-state index contributed by atoms with van der Waals surface area (Å²) in [5.41, 5.74) is 2.83. The second-order valence-corrected chi connectivity index (χ2v) is 9.91. The summed E-state index contributed by atoms with van der Waals surface area (Å²) >= 11 is 0. The van der Waals surface area contributed by atoms with E-state index in [1.807, 2.05) is 59.2 Å². The van der Waals surface area contributed by atoms with Gasteiger partial charge < -0.3 is 15.1 Å². The van der Waals surface area contributed by atoms with Crippen molar-refractivity contribution in [2.75, 3.05) is 26.2 Å². The quantitative estimate of drug-likeness (QED) is 0.659. The molecule has 2 aliphatic rings. The summed E-state index contributed by atoms with van der Waals surface area (Å²) in [6.07, 6.45) is 5.84. The number of likely N-dealkylation sites (tertiary alicyclic amines) is 2. The van der Waals surface area contributed by atoms with Gasteiger partial charge in [-0.05, 0) is 69.1 Å². The van der Waals surface area contributed by atoms with Gasteiger partial charge in [0, 0.05) is 38.2 Å². The summed E-state index contributed by atoms with van der Waals surface area (Å²) < 4.78 is 0. The minimum absolute atomic E-state index is 0.0250. The molecule has 0 saturated carbocycles. The predicted molar refractivity (Wildman–Crippen MR) is 137 cm³/mol. The van der Waals surface area contributed by atoms with Gasteiger partial charge in [-0.25, -0.2) is 0 Å². The highest BCUT2D eigenvalue weighted by Gasteiger charge is 2.36. The molecule has 2 heterocycles. The summed E-state index contributed by atoms with van der Waals surface area (Å²) in [5.74, 6) is 0.00708. The van der Waals surface area contributed by atoms with Gasteiger partial charge in [0.05, 0.1) is 0 Å². The molecule has 1 atom stereocenters. The zero-order valence-electron chi connectivity index (χ0n) is 20.7. The molecular weight excluding hydrogens is 438 g/mol. The summed E-state index contributed by atoms with van der Waals surface area (Å²) in [6.45, 7) is 4.75. The third kappa shape index (κ3) is 6.71. The molecule has 3 amide bonds. The number of nitrogens with one attached hydrogen (secondary N) is 1. The summed E-state index contributed by atoms with van der Waals surface area (Å²) in [6, 6.07) is 17.0. The first-order chi connectivity index (χ1) is 17.0. The number of aryl methyl sites for hydroxylation is 2. The van der Waals surface area contributed by atoms with Crippen molar-refractivity contribution >= 4 is 17.7 Å². The number of hydrogen-bond acceptors (Lipinski definition) is 3. The van der Waals surface area contributed by atoms with Crippen LogP contribution in [0.3, 0.4) is 0 Å². The minimum Gasteiger partial charge on any atom is -0.343 e. The average molecular weight is 476 g/mol. The predicted octanol–water partition coefficient (Wildman–Crippen LogP) is 3.98. The second kappa shape index (κ2) is 12.0. The Hall–Kier alpha value is -3.15. The highest BCUT2D eigenvalue weighted by atomic mass is 16.2. The molecule has 2 aliphatic heterocycles. The Bertz CT molecular complexity index is 992. The Kier molecular flexibility index (Phi) is 8.56. The lowest BCUT2D eigenvalue weighted by Crippen LogP contribution is -2.55. The fourth-order valence-corrected chi connectivity index (χ4v) is 5.16. The van der Waals surface area contributed by atoms with E-state index in [0.717, 1.165) is 57.2 Å². The van der Waals surface area contributed by atoms with Crippen molar-refractivity contribution in [3.63, 3.8) is 0 Å². The van der Waals surface area contributed by atoms with Crippen LogP contribution in [-0.2, 0) is 16.0 Å². The lowest BCUT2D eigenvalue weighted by atomic mass is 9.87. The third-order valence-electron chi connectivity index (χ3n) is 7.37. The molecule has 6 heteroatoms. The van der Waals surface area contributed by atoms with Crippen LogP contribution in [0.25, 0.3) is 0 Å². The van der Waals surface area contributed by atoms with Crippen LogP contribution in [-0.4, -0.2) is 59.7 Å². The number of piperidine rings is 2. The van der Waals surface area contributed by atoms with Gasteiger partial charge in [-0.1, -0.05) is 48.0 Å². The molecule has 2 fully saturated rings. The molecule has 2 saturated heterocycles. The molecule has 0 spiro atoms. The second-order valence-electron chi connectivity index (χ2n) is 9.91. The van der Waals surface area contributed by atoms with Gasteiger partial charge in [0.25, 0.3) is 5.91 Å². The maximum Gasteiger partial charge on any atom is 0.251 e. The van der Waals surface area contributed by atoms with Gasteiger partial charge in [-0.2, -0.15) is 0 Å². The standard InChI is InChI=1S/C29H37N3O3/c1-22-10-13-25(14-11-22)28(34)30-27(29(35)32-18-6-3-7-19-32)24-16-20-31(21-17-24)26(33)15-12-23-8-4-2-5-9-23/h2,4-5,8-11,13-14,24,27H,3,6-7,12,15-21H2,1H3,(H,30,34)/t27-/m0/s1. The van der Waals surface area contributed by atoms with Crippen LogP contribution in [0.1, 0.15) is 60.0 Å². The van der Waals surface area contributed by atoms with Gasteiger partial charge in [0.2, 0.25) is 11.8 Å². The monoisotopic (exact) mass is 475 g/mol. The van der Waals surface area contributed by atoms with E-state index >= 15 is 0 Å². The van der Waals surface area contributed by atoms with Gasteiger partial charge in [0.1, 0.15) is 6.04 Å². The molecule has 0 radical (unpaired) electrons. The fourth-order valence-electron chi connectivity index (χ4n) is 5.16. The number of carbonyl (C=O) groups excluding carboxylic acids is 3. The maximum atomic E-state index is 13.5. The minimum atomic E-state index is -0.552. The number of amides is 3. The maximum absolute atomic E-state index is 13.5. The van der Waals surface area contributed by atoms with E-state index in [9.17, 15) is 14.4 Å². The lowest BCUT2D eigenvalue weighted by Gasteiger charge is -2.38. The molecule has 35 heavy (non-hydrogen) atoms. The number of nitrogens with zero attached hydrogens (tertiary/aromatic N) is 2. The van der Waals surface area contributed by atoms with Crippen molar-refractivity contribution in [3.8, 4) is 0 Å². The third-order valence-corrected chi connectivity index (χ3v) is 7.37. The van der Waals surface area contributed by atoms with Crippen molar-refractivity contribution in [3.05, 3.63) is 71.3 Å². The van der Waals surface area contributed by atoms with Gasteiger partial charge >= 0.3 is 0 Å². The Morgan fingerprint density at radius 3 is 2.17 bits per heavy atom. The Morgan fingerprint density at radius 2 is 1.51 bits per heavy atom. The molecule has 4 rings (SSSR count). The van der Waals surface area contributed by atoms with Crippen molar-refractivity contribution in [2.24, 2.45) is 5.92 Å². The van der Waals surface area contributed by atoms with Gasteiger partial charge in [-0.15, -0.1) is 0 Å². The van der Waals surface area contributed by atoms with Gasteiger partial charge in [-0.3, -0.25) is 14.4 Å². The van der Waals surface area contributed by atoms with E-state index in [2.05, 4.69) is 5.32 Å². The number of carbonyl (C=O) groups is 3. The highest BCUT2D eigenvalue weighted by molar-refractivity contribution is 5.97. The van der Waals surface area contributed by atoms with Crippen molar-refractivity contribution < 1.29 is 14.4 Å². The molecule has 2 aromatic carbocycles. The largest absolute Gasteiger partial charge is 0.343 e. The zero-order valence-corrected chi connectivity index (χ0v) is 20.7. The average Bonchev–Trinajstić information content (AvgIpc) is 2.91. The van der Waals surface area contributed by atoms with E-state index in [4.69, 9.17) is 0 Å². The molecular formula is C29H37N3O3. The molecule has 2 aromatic rings. The molecule has 0 bridgehead atoms. The van der Waals surface area contributed by atoms with Crippen LogP contribution in [0.4, 0.5) is 0 Å². The zero-order chi connectivity index (χ0) is 24.6. The van der Waals surface area contributed by atoms with E-state index < -0.39 is 6.04 Å². The summed E-state index contributed by atoms with van der Waals surface area (Å²) in [4.78, 5) is 43.2. The lowest BCUT2D eigenvalue weighted by molar-refractivity contribution is -0.137. The Labute approximate surface area is 208 Å². The van der Waals surface area contributed by atoms with Crippen molar-refractivity contribution in [1.29, 1.82) is 0 Å². The Balaban J connectivity index is 1.38. The number of rotatable bonds is 7. The van der Waals surface area contributed by atoms with Crippen molar-refractivity contribution in [2.45, 2.75) is 57.9 Å². The normalized spacial score (nSPS) is 17.6.